The lowest BCUT2D eigenvalue weighted by Gasteiger charge is -2.17. The summed E-state index contributed by atoms with van der Waals surface area (Å²) >= 11 is 0. The molecule has 1 atom stereocenters. The number of likely N-dealkylation sites (tertiary alicyclic amines) is 1. The smallest absolute Gasteiger partial charge is 0.133 e. The van der Waals surface area contributed by atoms with Crippen LogP contribution in [0.1, 0.15) is 42.3 Å². The molecule has 1 aliphatic heterocycles. The summed E-state index contributed by atoms with van der Waals surface area (Å²) < 4.78 is 1.90. The normalized spacial score (nSPS) is 21.7. The summed E-state index contributed by atoms with van der Waals surface area (Å²) in [6, 6.07) is 2.45. The topological polar surface area (TPSA) is 58.9 Å². The van der Waals surface area contributed by atoms with Crippen LogP contribution in [0.15, 0.2) is 18.5 Å². The molecule has 0 bridgehead atoms. The quantitative estimate of drug-likeness (QED) is 0.916. The van der Waals surface area contributed by atoms with E-state index in [1.165, 1.54) is 18.4 Å². The average Bonchev–Trinajstić information content (AvgIpc) is 3.21. The van der Waals surface area contributed by atoms with Crippen molar-refractivity contribution in [1.29, 1.82) is 0 Å². The molecule has 6 nitrogen and oxygen atoms in total. The van der Waals surface area contributed by atoms with Crippen molar-refractivity contribution >= 4 is 5.82 Å². The number of nitrogens with one attached hydrogen (secondary N) is 1. The van der Waals surface area contributed by atoms with Crippen LogP contribution in [0.5, 0.6) is 0 Å². The third-order valence-electron chi connectivity index (χ3n) is 4.75. The second-order valence-corrected chi connectivity index (χ2v) is 6.85. The average molecular weight is 312 g/mol. The van der Waals surface area contributed by atoms with E-state index in [-0.39, 0.29) is 0 Å². The van der Waals surface area contributed by atoms with Gasteiger partial charge >= 0.3 is 0 Å². The fourth-order valence-corrected chi connectivity index (χ4v) is 3.34. The Hall–Kier alpha value is -1.95. The first kappa shape index (κ1) is 14.6. The molecule has 122 valence electrons. The van der Waals surface area contributed by atoms with Gasteiger partial charge < -0.3 is 5.32 Å². The van der Waals surface area contributed by atoms with Gasteiger partial charge in [0.2, 0.25) is 0 Å². The van der Waals surface area contributed by atoms with Crippen LogP contribution in [0.2, 0.25) is 0 Å². The second kappa shape index (κ2) is 5.92. The van der Waals surface area contributed by atoms with Crippen molar-refractivity contribution in [3.8, 4) is 0 Å². The third-order valence-corrected chi connectivity index (χ3v) is 4.75. The zero-order valence-electron chi connectivity index (χ0n) is 13.9. The van der Waals surface area contributed by atoms with Crippen LogP contribution in [0.25, 0.3) is 0 Å². The van der Waals surface area contributed by atoms with Gasteiger partial charge in [0.1, 0.15) is 11.6 Å². The molecule has 4 rings (SSSR count). The van der Waals surface area contributed by atoms with E-state index >= 15 is 0 Å². The van der Waals surface area contributed by atoms with Crippen LogP contribution < -0.4 is 5.32 Å². The molecule has 2 aliphatic rings. The van der Waals surface area contributed by atoms with E-state index in [4.69, 9.17) is 0 Å². The summed E-state index contributed by atoms with van der Waals surface area (Å²) in [5.74, 6) is 2.59. The molecule has 0 aromatic carbocycles. The Bertz CT molecular complexity index is 690. The molecule has 1 unspecified atom stereocenters. The van der Waals surface area contributed by atoms with Crippen molar-refractivity contribution in [2.24, 2.45) is 7.05 Å². The van der Waals surface area contributed by atoms with Crippen LogP contribution >= 0.6 is 0 Å². The molecule has 2 aromatic rings. The first-order chi connectivity index (χ1) is 11.2. The van der Waals surface area contributed by atoms with Gasteiger partial charge in [-0.25, -0.2) is 9.97 Å². The number of aromatic nitrogens is 4. The van der Waals surface area contributed by atoms with Crippen molar-refractivity contribution in [3.63, 3.8) is 0 Å². The highest BCUT2D eigenvalue weighted by molar-refractivity contribution is 5.35. The van der Waals surface area contributed by atoms with Crippen molar-refractivity contribution in [3.05, 3.63) is 35.5 Å². The zero-order valence-corrected chi connectivity index (χ0v) is 13.9. The third kappa shape index (κ3) is 3.37. The lowest BCUT2D eigenvalue weighted by molar-refractivity contribution is 0.328. The van der Waals surface area contributed by atoms with E-state index < -0.39 is 0 Å². The second-order valence-electron chi connectivity index (χ2n) is 6.85. The molecule has 2 aromatic heterocycles. The van der Waals surface area contributed by atoms with Crippen LogP contribution in [0.4, 0.5) is 5.82 Å². The highest BCUT2D eigenvalue weighted by Crippen LogP contribution is 2.38. The minimum absolute atomic E-state index is 0.467. The van der Waals surface area contributed by atoms with Gasteiger partial charge in [-0.1, -0.05) is 0 Å². The van der Waals surface area contributed by atoms with E-state index in [2.05, 4.69) is 38.4 Å². The van der Waals surface area contributed by atoms with Crippen molar-refractivity contribution < 1.29 is 0 Å². The van der Waals surface area contributed by atoms with Gasteiger partial charge in [0, 0.05) is 56.6 Å². The number of rotatable bonds is 5. The number of nitrogens with zero attached hydrogens (tertiary/aromatic N) is 5. The minimum Gasteiger partial charge on any atom is -0.366 e. The Morgan fingerprint density at radius 1 is 1.30 bits per heavy atom. The molecule has 23 heavy (non-hydrogen) atoms. The summed E-state index contributed by atoms with van der Waals surface area (Å²) in [4.78, 5) is 11.5. The predicted molar refractivity (Wildman–Crippen MR) is 89.3 cm³/mol. The highest BCUT2D eigenvalue weighted by Gasteiger charge is 2.27. The van der Waals surface area contributed by atoms with Gasteiger partial charge in [0.05, 0.1) is 5.69 Å². The van der Waals surface area contributed by atoms with Gasteiger partial charge in [0.25, 0.3) is 0 Å². The SMILES string of the molecule is Cc1nn(C)cc1CN1CCC(Nc2ccnc(C3CC3)n2)C1. The Kier molecular flexibility index (Phi) is 3.77. The van der Waals surface area contributed by atoms with E-state index in [1.807, 2.05) is 24.0 Å². The molecule has 0 amide bonds. The summed E-state index contributed by atoms with van der Waals surface area (Å²) in [5, 5.41) is 8.02. The summed E-state index contributed by atoms with van der Waals surface area (Å²) in [6.07, 6.45) is 7.65. The largest absolute Gasteiger partial charge is 0.366 e. The van der Waals surface area contributed by atoms with Crippen molar-refractivity contribution in [2.45, 2.75) is 44.7 Å². The summed E-state index contributed by atoms with van der Waals surface area (Å²) in [5.41, 5.74) is 2.46. The molecule has 1 aliphatic carbocycles. The summed E-state index contributed by atoms with van der Waals surface area (Å²) in [6.45, 7) is 5.24. The van der Waals surface area contributed by atoms with Gasteiger partial charge in [-0.05, 0) is 32.3 Å². The van der Waals surface area contributed by atoms with E-state index in [0.717, 1.165) is 43.4 Å². The molecule has 3 heterocycles. The number of anilines is 1. The van der Waals surface area contributed by atoms with Gasteiger partial charge in [-0.3, -0.25) is 9.58 Å². The molecular formula is C17H24N6. The minimum atomic E-state index is 0.467. The van der Waals surface area contributed by atoms with Gasteiger partial charge in [-0.15, -0.1) is 0 Å². The lowest BCUT2D eigenvalue weighted by atomic mass is 10.2. The lowest BCUT2D eigenvalue weighted by Crippen LogP contribution is -2.26. The maximum atomic E-state index is 4.67. The zero-order chi connectivity index (χ0) is 15.8. The van der Waals surface area contributed by atoms with Crippen LogP contribution in [0.3, 0.4) is 0 Å². The van der Waals surface area contributed by atoms with Gasteiger partial charge in [0.15, 0.2) is 0 Å². The van der Waals surface area contributed by atoms with E-state index in [1.54, 1.807) is 0 Å². The van der Waals surface area contributed by atoms with Crippen molar-refractivity contribution in [2.75, 3.05) is 18.4 Å². The highest BCUT2D eigenvalue weighted by atomic mass is 15.3. The maximum Gasteiger partial charge on any atom is 0.133 e. The molecule has 1 saturated carbocycles. The molecule has 0 radical (unpaired) electrons. The fourth-order valence-electron chi connectivity index (χ4n) is 3.34. The first-order valence-corrected chi connectivity index (χ1v) is 8.48. The summed E-state index contributed by atoms with van der Waals surface area (Å²) in [7, 11) is 1.98. The fraction of sp³-hybridized carbons (Fsp3) is 0.588. The molecular weight excluding hydrogens is 288 g/mol. The Balaban J connectivity index is 1.35. The van der Waals surface area contributed by atoms with E-state index in [0.29, 0.717) is 12.0 Å². The number of hydrogen-bond acceptors (Lipinski definition) is 5. The first-order valence-electron chi connectivity index (χ1n) is 8.48. The maximum absolute atomic E-state index is 4.67. The number of hydrogen-bond donors (Lipinski definition) is 1. The predicted octanol–water partition coefficient (Wildman–Crippen LogP) is 2.08. The molecule has 2 fully saturated rings. The Morgan fingerprint density at radius 2 is 2.17 bits per heavy atom. The molecule has 6 heteroatoms. The monoisotopic (exact) mass is 312 g/mol. The molecule has 1 N–H and O–H groups in total. The number of aryl methyl sites for hydroxylation is 2. The van der Waals surface area contributed by atoms with E-state index in [9.17, 15) is 0 Å². The van der Waals surface area contributed by atoms with Crippen molar-refractivity contribution in [1.82, 2.24) is 24.6 Å². The van der Waals surface area contributed by atoms with Gasteiger partial charge in [-0.2, -0.15) is 5.10 Å². The Morgan fingerprint density at radius 3 is 2.91 bits per heavy atom. The molecule has 0 spiro atoms. The standard InChI is InChI=1S/C17H24N6/c1-12-14(9-22(2)21-12)10-23-8-6-15(11-23)19-16-5-7-18-17(20-16)13-3-4-13/h5,7,9,13,15H,3-4,6,8,10-11H2,1-2H3,(H,18,19,20). The van der Waals surface area contributed by atoms with Crippen LogP contribution in [-0.2, 0) is 13.6 Å². The van der Waals surface area contributed by atoms with Crippen LogP contribution in [0, 0.1) is 6.92 Å². The molecule has 1 saturated heterocycles. The van der Waals surface area contributed by atoms with Crippen LogP contribution in [-0.4, -0.2) is 43.8 Å². The Labute approximate surface area is 136 Å².